The van der Waals surface area contributed by atoms with E-state index in [2.05, 4.69) is 88.5 Å². The van der Waals surface area contributed by atoms with E-state index in [-0.39, 0.29) is 7.41 Å². The Balaban J connectivity index is 1.14. The lowest BCUT2D eigenvalue weighted by Crippen LogP contribution is -2.53. The highest BCUT2D eigenvalue weighted by atomic mass is 32.1. The highest BCUT2D eigenvalue weighted by Crippen LogP contribution is 2.39. The number of benzene rings is 9. The van der Waals surface area contributed by atoms with E-state index in [1.165, 1.54) is 22.7 Å². The molecule has 0 fully saturated rings. The average Bonchev–Trinajstić information content (AvgIpc) is 1.53. The van der Waals surface area contributed by atoms with Crippen molar-refractivity contribution in [2.24, 2.45) is 0 Å². The summed E-state index contributed by atoms with van der Waals surface area (Å²) in [6.45, 7) is 9.81. The third-order valence-corrected chi connectivity index (χ3v) is 18.6. The smallest absolute Gasteiger partial charge is 0.343 e. The Labute approximate surface area is 542 Å². The molecule has 0 bridgehead atoms. The summed E-state index contributed by atoms with van der Waals surface area (Å²) in [6.07, 6.45) is 0. The molecule has 0 unspecified atom stereocenters. The van der Waals surface area contributed by atoms with Crippen molar-refractivity contribution in [3.8, 4) is 46.2 Å². The zero-order valence-corrected chi connectivity index (χ0v) is 52.5. The minimum atomic E-state index is -0.621. The first-order chi connectivity index (χ1) is 45.2. The Morgan fingerprint density at radius 3 is 1.46 bits per heavy atom. The lowest BCUT2D eigenvalue weighted by atomic mass is 9.50. The summed E-state index contributed by atoms with van der Waals surface area (Å²) in [6, 6.07) is 81.7. The first kappa shape index (κ1) is 60.2. The van der Waals surface area contributed by atoms with Gasteiger partial charge in [0.25, 0.3) is 7.41 Å². The minimum Gasteiger partial charge on any atom is -0.423 e. The van der Waals surface area contributed by atoms with Gasteiger partial charge in [-0.15, -0.1) is 22.7 Å². The number of rotatable bonds is 20. The molecule has 4 heterocycles. The number of carbonyl (C=O) groups excluding carboxylic acids is 2. The highest BCUT2D eigenvalue weighted by Gasteiger charge is 2.35. The average molecular weight is 1240 g/mol. The van der Waals surface area contributed by atoms with E-state index in [9.17, 15) is 20.1 Å². The Hall–Kier alpha value is -10.7. The van der Waals surface area contributed by atoms with Crippen LogP contribution in [0.15, 0.2) is 237 Å². The molecule has 0 atom stereocenters. The van der Waals surface area contributed by atoms with E-state index < -0.39 is 18.8 Å². The van der Waals surface area contributed by atoms with Crippen molar-refractivity contribution in [3.05, 3.63) is 280 Å². The Morgan fingerprint density at radius 1 is 0.533 bits per heavy atom. The van der Waals surface area contributed by atoms with Crippen molar-refractivity contribution in [2.45, 2.75) is 33.9 Å². The molecule has 0 aliphatic carbocycles. The number of carbonyl (C=O) groups is 2. The zero-order valence-electron chi connectivity index (χ0n) is 50.9. The van der Waals surface area contributed by atoms with Gasteiger partial charge in [0.1, 0.15) is 44.8 Å². The van der Waals surface area contributed by atoms with Gasteiger partial charge in [-0.25, -0.2) is 19.6 Å². The molecule has 16 heteroatoms. The van der Waals surface area contributed by atoms with Crippen molar-refractivity contribution in [1.82, 2.24) is 29.1 Å². The highest BCUT2D eigenvalue weighted by molar-refractivity contribution is 7.20. The molecular weight excluding hydrogens is 1170 g/mol. The van der Waals surface area contributed by atoms with Gasteiger partial charge in [0.05, 0.1) is 42.3 Å². The molecule has 4 aromatic heterocycles. The maximum Gasteiger partial charge on any atom is 0.343 e. The summed E-state index contributed by atoms with van der Waals surface area (Å²) in [5, 5.41) is 31.2. The van der Waals surface area contributed by atoms with Crippen LogP contribution in [0, 0.1) is 22.7 Å². The normalized spacial score (nSPS) is 12.0. The summed E-state index contributed by atoms with van der Waals surface area (Å²) in [7, 11) is 0.269. The summed E-state index contributed by atoms with van der Waals surface area (Å²) >= 11 is 2.88. The number of hydrogen-bond acceptors (Lipinski definition) is 12. The summed E-state index contributed by atoms with van der Waals surface area (Å²) < 4.78 is 18.6. The number of nitrogens with one attached hydrogen (secondary N) is 1. The molecule has 0 aliphatic heterocycles. The summed E-state index contributed by atoms with van der Waals surface area (Å²) in [4.78, 5) is 40.8. The lowest BCUT2D eigenvalue weighted by Gasteiger charge is -2.22. The third kappa shape index (κ3) is 12.2. The first-order valence-electron chi connectivity index (χ1n) is 30.7. The number of aromatic nitrogens is 4. The fourth-order valence-electron chi connectivity index (χ4n) is 12.0. The van der Waals surface area contributed by atoms with Gasteiger partial charge in [0, 0.05) is 35.2 Å². The zero-order chi connectivity index (χ0) is 63.1. The summed E-state index contributed by atoms with van der Waals surface area (Å²) in [5.41, 5.74) is 10.6. The van der Waals surface area contributed by atoms with Gasteiger partial charge in [-0.2, -0.15) is 10.5 Å². The Bertz CT molecular complexity index is 4950. The van der Waals surface area contributed by atoms with Crippen LogP contribution < -0.4 is 41.9 Å². The van der Waals surface area contributed by atoms with Crippen LogP contribution in [0.1, 0.15) is 62.6 Å². The second-order valence-corrected chi connectivity index (χ2v) is 24.3. The largest absolute Gasteiger partial charge is 0.423 e. The van der Waals surface area contributed by atoms with Crippen LogP contribution in [0.2, 0.25) is 0 Å². The molecule has 13 aromatic rings. The van der Waals surface area contributed by atoms with E-state index in [0.29, 0.717) is 94.3 Å². The van der Waals surface area contributed by atoms with Crippen LogP contribution in [0.25, 0.3) is 64.9 Å². The van der Waals surface area contributed by atoms with Gasteiger partial charge in [0.2, 0.25) is 0 Å². The molecule has 0 saturated carbocycles. The predicted molar refractivity (Wildman–Crippen MR) is 374 cm³/mol. The second-order valence-electron chi connectivity index (χ2n) is 22.2. The predicted octanol–water partition coefficient (Wildman–Crippen LogP) is 12.0. The molecule has 9 aromatic carbocycles. The fourth-order valence-corrected chi connectivity index (χ4v) is 13.9. The molecule has 446 valence electrons. The standard InChI is InChI=1S/C76H60B2N8O4S2/c1-4-81-48-50-30-34-54(35-31-50)75(87)89-59-42-38-52(39-43-59)69-67-68(71(85(69)77-56-20-10-7-11-21-56)61(46-79)73-82-63-26-16-18-28-65(63)91-73)70(53-40-44-60(45-41-53)90-76(88)55-36-32-51(33-37-55)49-84(5-2)6-3)86(78(57-22-12-8-13-23-57)58-24-14-9-15-25-58)72(67)62(47-80)74-83-64-27-17-19-29-66(64)92-74/h7-45,77,81H,4-6,48-49H2,1-3H3/b71-61-,72-62-. The number of nitrogens with zero attached hydrogens (tertiary/aromatic N) is 7. The van der Waals surface area contributed by atoms with Crippen LogP contribution in [-0.4, -0.2) is 69.7 Å². The van der Waals surface area contributed by atoms with Crippen LogP contribution in [-0.2, 0) is 13.1 Å². The topological polar surface area (TPSA) is 151 Å². The molecule has 12 nitrogen and oxygen atoms in total. The van der Waals surface area contributed by atoms with E-state index >= 15 is 0 Å². The Morgan fingerprint density at radius 2 is 0.978 bits per heavy atom. The lowest BCUT2D eigenvalue weighted by molar-refractivity contribution is 0.0725. The fraction of sp³-hybridized carbons (Fsp3) is 0.105. The Kier molecular flexibility index (Phi) is 17.8. The molecule has 92 heavy (non-hydrogen) atoms. The van der Waals surface area contributed by atoms with Crippen molar-refractivity contribution in [1.29, 1.82) is 10.5 Å². The summed E-state index contributed by atoms with van der Waals surface area (Å²) in [5.74, 6) is -0.354. The molecule has 0 amide bonds. The van der Waals surface area contributed by atoms with Crippen LogP contribution >= 0.6 is 22.7 Å². The first-order valence-corrected chi connectivity index (χ1v) is 32.3. The number of hydrogen-bond donors (Lipinski definition) is 1. The SMILES string of the molecule is CCNCc1ccc(C(=O)Oc2ccc(-c3c4/c(=C(\C#N)c5nc6ccccc6s5)n(B(c5ccccc5)c5ccccc5)c(-c5ccc(OC(=O)c6ccc(CN(CC)CC)cc6)cc5)c4/c(=C(\C#N)c4nc5ccccc5s4)n3Bc3ccccc3)cc2)cc1. The maximum absolute atomic E-state index is 14.1. The number of ether oxygens (including phenoxy) is 2. The molecule has 1 N–H and O–H groups in total. The number of fused-ring (bicyclic) bond motifs is 3. The van der Waals surface area contributed by atoms with Crippen molar-refractivity contribution in [2.75, 3.05) is 19.6 Å². The van der Waals surface area contributed by atoms with E-state index in [0.717, 1.165) is 74.1 Å². The van der Waals surface area contributed by atoms with Gasteiger partial charge in [0.15, 0.2) is 0 Å². The van der Waals surface area contributed by atoms with Crippen LogP contribution in [0.3, 0.4) is 0 Å². The quantitative estimate of drug-likeness (QED) is 0.0444. The van der Waals surface area contributed by atoms with Crippen LogP contribution in [0.4, 0.5) is 0 Å². The van der Waals surface area contributed by atoms with Gasteiger partial charge in [-0.1, -0.05) is 177 Å². The number of para-hydroxylation sites is 2. The minimum absolute atomic E-state index is 0.269. The van der Waals surface area contributed by atoms with E-state index in [1.54, 1.807) is 36.4 Å². The third-order valence-electron chi connectivity index (χ3n) is 16.5. The van der Waals surface area contributed by atoms with Gasteiger partial charge < -0.3 is 23.7 Å². The monoisotopic (exact) mass is 1230 g/mol. The van der Waals surface area contributed by atoms with Gasteiger partial charge >= 0.3 is 18.8 Å². The van der Waals surface area contributed by atoms with E-state index in [4.69, 9.17) is 19.4 Å². The number of thiazole rings is 2. The van der Waals surface area contributed by atoms with Crippen molar-refractivity contribution >= 4 is 108 Å². The molecule has 0 radical (unpaired) electrons. The number of esters is 2. The second kappa shape index (κ2) is 27.2. The molecular formula is C76H60B2N8O4S2. The molecule has 13 rings (SSSR count). The van der Waals surface area contributed by atoms with Crippen molar-refractivity contribution in [3.63, 3.8) is 0 Å². The van der Waals surface area contributed by atoms with Gasteiger partial charge in [-0.05, 0) is 139 Å². The molecule has 0 saturated heterocycles. The molecule has 0 aliphatic rings. The van der Waals surface area contributed by atoms with E-state index in [1.807, 2.05) is 164 Å². The maximum atomic E-state index is 14.1. The number of nitriles is 2. The van der Waals surface area contributed by atoms with Gasteiger partial charge in [-0.3, -0.25) is 4.90 Å². The van der Waals surface area contributed by atoms with Crippen molar-refractivity contribution < 1.29 is 19.1 Å². The van der Waals surface area contributed by atoms with Crippen LogP contribution in [0.5, 0.6) is 11.5 Å². The molecule has 0 spiro atoms.